The van der Waals surface area contributed by atoms with E-state index in [4.69, 9.17) is 18.9 Å². The largest absolute Gasteiger partial charge is 0.501 e. The third-order valence-electron chi connectivity index (χ3n) is 3.54. The lowest BCUT2D eigenvalue weighted by Crippen LogP contribution is -1.95. The standard InChI is InChI=1S/C20H30O4/c1-17(15-23-13-5-11-21-3)19-7-9-20(10-8-19)18(2)16-24-14-6-12-22-4/h7-10,15-16H,5-6,11-14H2,1-4H3/b17-15+,18-16+. The molecule has 0 fully saturated rings. The average Bonchev–Trinajstić information content (AvgIpc) is 2.61. The van der Waals surface area contributed by atoms with Gasteiger partial charge in [-0.05, 0) is 36.1 Å². The van der Waals surface area contributed by atoms with Crippen LogP contribution >= 0.6 is 0 Å². The molecule has 134 valence electrons. The fourth-order valence-electron chi connectivity index (χ4n) is 2.07. The Hall–Kier alpha value is -1.78. The van der Waals surface area contributed by atoms with Crippen LogP contribution in [0.15, 0.2) is 36.8 Å². The summed E-state index contributed by atoms with van der Waals surface area (Å²) < 4.78 is 21.1. The Morgan fingerprint density at radius 1 is 0.708 bits per heavy atom. The molecule has 0 heterocycles. The molecule has 0 N–H and O–H groups in total. The molecule has 1 aromatic rings. The summed E-state index contributed by atoms with van der Waals surface area (Å²) in [5.74, 6) is 0. The van der Waals surface area contributed by atoms with Gasteiger partial charge in [-0.3, -0.25) is 0 Å². The van der Waals surface area contributed by atoms with Gasteiger partial charge in [-0.25, -0.2) is 0 Å². The Morgan fingerprint density at radius 2 is 1.08 bits per heavy atom. The SMILES string of the molecule is COCCCO/C=C(\C)c1ccc(/C(C)=C/OCCCOC)cc1. The maximum atomic E-state index is 5.53. The third-order valence-corrected chi connectivity index (χ3v) is 3.54. The molecular formula is C20H30O4. The van der Waals surface area contributed by atoms with Crippen molar-refractivity contribution in [1.82, 2.24) is 0 Å². The van der Waals surface area contributed by atoms with E-state index >= 15 is 0 Å². The first-order valence-electron chi connectivity index (χ1n) is 8.34. The van der Waals surface area contributed by atoms with Crippen LogP contribution in [0.1, 0.15) is 37.8 Å². The van der Waals surface area contributed by atoms with E-state index in [1.165, 1.54) is 0 Å². The lowest BCUT2D eigenvalue weighted by molar-refractivity contribution is 0.157. The van der Waals surface area contributed by atoms with Gasteiger partial charge in [0, 0.05) is 40.3 Å². The van der Waals surface area contributed by atoms with Crippen LogP contribution in [0.4, 0.5) is 0 Å². The van der Waals surface area contributed by atoms with Crippen molar-refractivity contribution < 1.29 is 18.9 Å². The molecule has 0 amide bonds. The van der Waals surface area contributed by atoms with Crippen LogP contribution in [0.2, 0.25) is 0 Å². The zero-order valence-corrected chi connectivity index (χ0v) is 15.3. The summed E-state index contributed by atoms with van der Waals surface area (Å²) >= 11 is 0. The first kappa shape index (κ1) is 20.3. The van der Waals surface area contributed by atoms with Crippen molar-refractivity contribution in [3.63, 3.8) is 0 Å². The molecule has 0 atom stereocenters. The van der Waals surface area contributed by atoms with Gasteiger partial charge in [-0.1, -0.05) is 24.3 Å². The number of rotatable bonds is 12. The number of methoxy groups -OCH3 is 2. The molecule has 0 spiro atoms. The summed E-state index contributed by atoms with van der Waals surface area (Å²) in [6, 6.07) is 8.40. The normalized spacial score (nSPS) is 12.3. The van der Waals surface area contributed by atoms with Crippen molar-refractivity contribution in [2.24, 2.45) is 0 Å². The monoisotopic (exact) mass is 334 g/mol. The molecular weight excluding hydrogens is 304 g/mol. The number of hydrogen-bond acceptors (Lipinski definition) is 4. The Bertz CT molecular complexity index is 456. The van der Waals surface area contributed by atoms with Crippen molar-refractivity contribution in [3.05, 3.63) is 47.9 Å². The molecule has 0 aliphatic heterocycles. The van der Waals surface area contributed by atoms with E-state index in [2.05, 4.69) is 24.3 Å². The molecule has 0 unspecified atom stereocenters. The van der Waals surface area contributed by atoms with Gasteiger partial charge in [-0.15, -0.1) is 0 Å². The molecule has 0 aliphatic rings. The van der Waals surface area contributed by atoms with Crippen molar-refractivity contribution in [1.29, 1.82) is 0 Å². The molecule has 4 nitrogen and oxygen atoms in total. The fourth-order valence-corrected chi connectivity index (χ4v) is 2.07. The number of benzene rings is 1. The molecule has 0 aromatic heterocycles. The van der Waals surface area contributed by atoms with E-state index in [-0.39, 0.29) is 0 Å². The molecule has 0 saturated heterocycles. The van der Waals surface area contributed by atoms with E-state index in [1.54, 1.807) is 14.2 Å². The highest BCUT2D eigenvalue weighted by Gasteiger charge is 2.00. The Morgan fingerprint density at radius 3 is 1.42 bits per heavy atom. The average molecular weight is 334 g/mol. The lowest BCUT2D eigenvalue weighted by Gasteiger charge is -2.07. The van der Waals surface area contributed by atoms with Crippen LogP contribution in [-0.4, -0.2) is 40.6 Å². The van der Waals surface area contributed by atoms with Crippen LogP contribution < -0.4 is 0 Å². The van der Waals surface area contributed by atoms with Crippen LogP contribution in [0, 0.1) is 0 Å². The third kappa shape index (κ3) is 8.18. The zero-order valence-electron chi connectivity index (χ0n) is 15.3. The first-order chi connectivity index (χ1) is 11.7. The summed E-state index contributed by atoms with van der Waals surface area (Å²) in [6.07, 6.45) is 5.42. The number of hydrogen-bond donors (Lipinski definition) is 0. The van der Waals surface area contributed by atoms with Crippen molar-refractivity contribution in [3.8, 4) is 0 Å². The van der Waals surface area contributed by atoms with Gasteiger partial charge < -0.3 is 18.9 Å². The van der Waals surface area contributed by atoms with Gasteiger partial charge in [0.2, 0.25) is 0 Å². The predicted molar refractivity (Wildman–Crippen MR) is 98.6 cm³/mol. The highest BCUT2D eigenvalue weighted by molar-refractivity contribution is 5.68. The topological polar surface area (TPSA) is 36.9 Å². The minimum absolute atomic E-state index is 0.672. The van der Waals surface area contributed by atoms with Crippen molar-refractivity contribution >= 4 is 11.1 Å². The van der Waals surface area contributed by atoms with Gasteiger partial charge >= 0.3 is 0 Å². The Labute approximate surface area is 146 Å². The van der Waals surface area contributed by atoms with E-state index in [0.717, 1.165) is 48.3 Å². The Balaban J connectivity index is 2.48. The molecule has 24 heavy (non-hydrogen) atoms. The second-order valence-corrected chi connectivity index (χ2v) is 5.61. The summed E-state index contributed by atoms with van der Waals surface area (Å²) in [4.78, 5) is 0. The van der Waals surface area contributed by atoms with Gasteiger partial charge in [0.15, 0.2) is 0 Å². The molecule has 0 radical (unpaired) electrons. The highest BCUT2D eigenvalue weighted by Crippen LogP contribution is 2.19. The van der Waals surface area contributed by atoms with Gasteiger partial charge in [-0.2, -0.15) is 0 Å². The number of ether oxygens (including phenoxy) is 4. The zero-order chi connectivity index (χ0) is 17.6. The quantitative estimate of drug-likeness (QED) is 0.416. The minimum Gasteiger partial charge on any atom is -0.501 e. The maximum Gasteiger partial charge on any atom is 0.0895 e. The Kier molecular flexibility index (Phi) is 10.7. The summed E-state index contributed by atoms with van der Waals surface area (Å²) in [5.41, 5.74) is 4.52. The summed E-state index contributed by atoms with van der Waals surface area (Å²) in [6.45, 7) is 6.89. The fraction of sp³-hybridized carbons (Fsp3) is 0.500. The van der Waals surface area contributed by atoms with E-state index < -0.39 is 0 Å². The molecule has 1 aromatic carbocycles. The van der Waals surface area contributed by atoms with E-state index in [0.29, 0.717) is 13.2 Å². The smallest absolute Gasteiger partial charge is 0.0895 e. The molecule has 0 saturated carbocycles. The van der Waals surface area contributed by atoms with E-state index in [1.807, 2.05) is 26.4 Å². The van der Waals surface area contributed by atoms with E-state index in [9.17, 15) is 0 Å². The van der Waals surface area contributed by atoms with Crippen LogP contribution in [0.25, 0.3) is 11.1 Å². The van der Waals surface area contributed by atoms with Crippen LogP contribution in [0.3, 0.4) is 0 Å². The highest BCUT2D eigenvalue weighted by atomic mass is 16.5. The lowest BCUT2D eigenvalue weighted by atomic mass is 10.0. The number of allylic oxidation sites excluding steroid dienone is 2. The molecule has 0 bridgehead atoms. The second-order valence-electron chi connectivity index (χ2n) is 5.61. The van der Waals surface area contributed by atoms with Crippen molar-refractivity contribution in [2.75, 3.05) is 40.6 Å². The summed E-state index contributed by atoms with van der Waals surface area (Å²) in [5, 5.41) is 0. The van der Waals surface area contributed by atoms with Gasteiger partial charge in [0.05, 0.1) is 25.7 Å². The van der Waals surface area contributed by atoms with Gasteiger partial charge in [0.1, 0.15) is 0 Å². The van der Waals surface area contributed by atoms with Gasteiger partial charge in [0.25, 0.3) is 0 Å². The summed E-state index contributed by atoms with van der Waals surface area (Å²) in [7, 11) is 3.40. The molecule has 0 aliphatic carbocycles. The minimum atomic E-state index is 0.672. The van der Waals surface area contributed by atoms with Crippen LogP contribution in [-0.2, 0) is 18.9 Å². The maximum absolute atomic E-state index is 5.53. The molecule has 1 rings (SSSR count). The first-order valence-corrected chi connectivity index (χ1v) is 8.34. The second kappa shape index (κ2) is 12.6. The predicted octanol–water partition coefficient (Wildman–Crippen LogP) is 4.51. The molecule has 4 heteroatoms. The van der Waals surface area contributed by atoms with Crippen LogP contribution in [0.5, 0.6) is 0 Å². The van der Waals surface area contributed by atoms with Crippen molar-refractivity contribution in [2.45, 2.75) is 26.7 Å².